The summed E-state index contributed by atoms with van der Waals surface area (Å²) in [6, 6.07) is 0.609. The smallest absolute Gasteiger partial charge is 0.273 e. The second-order valence-electron chi connectivity index (χ2n) is 6.97. The number of piperidine rings is 1. The van der Waals surface area contributed by atoms with Crippen LogP contribution in [-0.2, 0) is 0 Å². The van der Waals surface area contributed by atoms with Crippen molar-refractivity contribution in [3.63, 3.8) is 0 Å². The number of nitrogens with zero attached hydrogens (tertiary/aromatic N) is 3. The average molecular weight is 291 g/mol. The minimum atomic E-state index is -0.0878. The van der Waals surface area contributed by atoms with Gasteiger partial charge in [0.2, 0.25) is 0 Å². The molecule has 116 valence electrons. The molecule has 1 unspecified atom stereocenters. The molecule has 1 saturated carbocycles. The van der Waals surface area contributed by atoms with Gasteiger partial charge in [0.25, 0.3) is 5.91 Å². The quantitative estimate of drug-likeness (QED) is 0.885. The van der Waals surface area contributed by atoms with Crippen molar-refractivity contribution >= 4 is 5.91 Å². The molecule has 2 fully saturated rings. The Bertz CT molecular complexity index is 504. The fourth-order valence-corrected chi connectivity index (χ4v) is 3.46. The predicted molar refractivity (Wildman–Crippen MR) is 80.0 cm³/mol. The Hall–Kier alpha value is -1.43. The van der Waals surface area contributed by atoms with Crippen molar-refractivity contribution in [3.05, 3.63) is 11.9 Å². The van der Waals surface area contributed by atoms with Crippen LogP contribution in [0.5, 0.6) is 0 Å². The molecule has 6 nitrogen and oxygen atoms in total. The molecule has 0 aromatic carbocycles. The number of carbonyl (C=O) groups excluding carboxylic acids is 1. The third-order valence-corrected chi connectivity index (χ3v) is 4.99. The van der Waals surface area contributed by atoms with Crippen LogP contribution < -0.4 is 10.6 Å². The molecule has 0 radical (unpaired) electrons. The maximum absolute atomic E-state index is 12.3. The number of rotatable bonds is 3. The number of amides is 1. The van der Waals surface area contributed by atoms with Gasteiger partial charge in [-0.1, -0.05) is 25.5 Å². The molecular formula is C15H25N5O. The molecular weight excluding hydrogens is 266 g/mol. The Balaban J connectivity index is 1.64. The van der Waals surface area contributed by atoms with E-state index in [0.717, 1.165) is 32.4 Å². The van der Waals surface area contributed by atoms with E-state index in [4.69, 9.17) is 0 Å². The van der Waals surface area contributed by atoms with E-state index in [0.29, 0.717) is 11.7 Å². The van der Waals surface area contributed by atoms with Crippen molar-refractivity contribution in [3.8, 4) is 0 Å². The highest BCUT2D eigenvalue weighted by Crippen LogP contribution is 2.37. The van der Waals surface area contributed by atoms with Crippen LogP contribution in [0.1, 0.15) is 62.5 Å². The third-order valence-electron chi connectivity index (χ3n) is 4.99. The van der Waals surface area contributed by atoms with Crippen molar-refractivity contribution in [2.45, 2.75) is 58.0 Å². The molecule has 3 rings (SSSR count). The van der Waals surface area contributed by atoms with Gasteiger partial charge >= 0.3 is 0 Å². The highest BCUT2D eigenvalue weighted by Gasteiger charge is 2.35. The summed E-state index contributed by atoms with van der Waals surface area (Å²) in [6.07, 6.45) is 7.29. The Morgan fingerprint density at radius 1 is 1.38 bits per heavy atom. The van der Waals surface area contributed by atoms with E-state index >= 15 is 0 Å². The minimum absolute atomic E-state index is 0.0878. The van der Waals surface area contributed by atoms with Gasteiger partial charge < -0.3 is 10.6 Å². The molecule has 1 aliphatic heterocycles. The molecule has 6 heteroatoms. The molecule has 1 aromatic rings. The van der Waals surface area contributed by atoms with Crippen LogP contribution in [0.25, 0.3) is 0 Å². The third kappa shape index (κ3) is 3.10. The first-order chi connectivity index (χ1) is 10.1. The molecule has 1 aromatic heterocycles. The van der Waals surface area contributed by atoms with Crippen molar-refractivity contribution < 1.29 is 4.79 Å². The summed E-state index contributed by atoms with van der Waals surface area (Å²) in [4.78, 5) is 12.3. The number of hydrogen-bond acceptors (Lipinski definition) is 4. The molecule has 1 aliphatic carbocycles. The summed E-state index contributed by atoms with van der Waals surface area (Å²) in [5, 5.41) is 14.7. The molecule has 2 aliphatic rings. The summed E-state index contributed by atoms with van der Waals surface area (Å²) in [5.74, 6) is -0.0878. The lowest BCUT2D eigenvalue weighted by Gasteiger charge is -2.27. The zero-order chi connectivity index (χ0) is 14.9. The van der Waals surface area contributed by atoms with E-state index in [2.05, 4.69) is 34.8 Å². The van der Waals surface area contributed by atoms with E-state index in [1.807, 2.05) is 4.68 Å². The second-order valence-corrected chi connectivity index (χ2v) is 6.97. The predicted octanol–water partition coefficient (Wildman–Crippen LogP) is 1.51. The number of hydrogen-bond donors (Lipinski definition) is 2. The van der Waals surface area contributed by atoms with Crippen LogP contribution in [-0.4, -0.2) is 40.0 Å². The molecule has 2 N–H and O–H groups in total. The lowest BCUT2D eigenvalue weighted by atomic mass is 9.87. The van der Waals surface area contributed by atoms with Gasteiger partial charge in [-0.3, -0.25) is 4.79 Å². The van der Waals surface area contributed by atoms with Crippen molar-refractivity contribution in [2.24, 2.45) is 5.41 Å². The van der Waals surface area contributed by atoms with E-state index < -0.39 is 0 Å². The lowest BCUT2D eigenvalue weighted by molar-refractivity contribution is 0.0905. The van der Waals surface area contributed by atoms with E-state index in [1.54, 1.807) is 6.20 Å². The van der Waals surface area contributed by atoms with Crippen LogP contribution in [0, 0.1) is 5.41 Å². The van der Waals surface area contributed by atoms with Gasteiger partial charge in [0.15, 0.2) is 5.69 Å². The summed E-state index contributed by atoms with van der Waals surface area (Å²) >= 11 is 0. The fourth-order valence-electron chi connectivity index (χ4n) is 3.46. The Morgan fingerprint density at radius 2 is 2.14 bits per heavy atom. The van der Waals surface area contributed by atoms with E-state index in [-0.39, 0.29) is 17.4 Å². The molecule has 1 atom stereocenters. The Morgan fingerprint density at radius 3 is 2.81 bits per heavy atom. The second kappa shape index (κ2) is 5.75. The van der Waals surface area contributed by atoms with Gasteiger partial charge in [-0.15, -0.1) is 5.10 Å². The fraction of sp³-hybridized carbons (Fsp3) is 0.800. The van der Waals surface area contributed by atoms with Crippen LogP contribution in [0.4, 0.5) is 0 Å². The molecule has 0 spiro atoms. The average Bonchev–Trinajstić information content (AvgIpc) is 3.07. The largest absolute Gasteiger partial charge is 0.347 e. The van der Waals surface area contributed by atoms with Crippen molar-refractivity contribution in [2.75, 3.05) is 13.1 Å². The highest BCUT2D eigenvalue weighted by atomic mass is 16.2. The minimum Gasteiger partial charge on any atom is -0.347 e. The molecule has 1 saturated heterocycles. The number of carbonyl (C=O) groups is 1. The summed E-state index contributed by atoms with van der Waals surface area (Å²) in [6.45, 7) is 6.44. The number of nitrogens with one attached hydrogen (secondary N) is 2. The van der Waals surface area contributed by atoms with Crippen LogP contribution >= 0.6 is 0 Å². The standard InChI is InChI=1S/C15H25N5O/c1-15(2)7-3-4-13(15)17-14(21)12-10-20(19-18-12)11-5-8-16-9-6-11/h10-11,13,16H,3-9H2,1-2H3,(H,17,21). The maximum atomic E-state index is 12.3. The zero-order valence-electron chi connectivity index (χ0n) is 12.9. The van der Waals surface area contributed by atoms with Crippen molar-refractivity contribution in [1.29, 1.82) is 0 Å². The van der Waals surface area contributed by atoms with Gasteiger partial charge in [0.05, 0.1) is 12.2 Å². The lowest BCUT2D eigenvalue weighted by Crippen LogP contribution is -2.41. The zero-order valence-corrected chi connectivity index (χ0v) is 12.9. The van der Waals surface area contributed by atoms with Gasteiger partial charge in [0.1, 0.15) is 0 Å². The van der Waals surface area contributed by atoms with Crippen LogP contribution in [0.2, 0.25) is 0 Å². The number of aromatic nitrogens is 3. The highest BCUT2D eigenvalue weighted by molar-refractivity contribution is 5.92. The molecule has 0 bridgehead atoms. The molecule has 1 amide bonds. The van der Waals surface area contributed by atoms with Crippen molar-refractivity contribution in [1.82, 2.24) is 25.6 Å². The van der Waals surface area contributed by atoms with E-state index in [9.17, 15) is 4.79 Å². The van der Waals surface area contributed by atoms with E-state index in [1.165, 1.54) is 12.8 Å². The maximum Gasteiger partial charge on any atom is 0.273 e. The van der Waals surface area contributed by atoms with Gasteiger partial charge in [-0.25, -0.2) is 4.68 Å². The van der Waals surface area contributed by atoms with Crippen LogP contribution in [0.3, 0.4) is 0 Å². The van der Waals surface area contributed by atoms with Gasteiger partial charge in [-0.2, -0.15) is 0 Å². The summed E-state index contributed by atoms with van der Waals surface area (Å²) in [7, 11) is 0. The normalized spacial score (nSPS) is 25.9. The molecule has 21 heavy (non-hydrogen) atoms. The first kappa shape index (κ1) is 14.5. The summed E-state index contributed by atoms with van der Waals surface area (Å²) in [5.41, 5.74) is 0.622. The first-order valence-electron chi connectivity index (χ1n) is 8.00. The summed E-state index contributed by atoms with van der Waals surface area (Å²) < 4.78 is 1.86. The SMILES string of the molecule is CC1(C)CCCC1NC(=O)c1cn(C2CCNCC2)nn1. The van der Waals surface area contributed by atoms with Crippen LogP contribution in [0.15, 0.2) is 6.20 Å². The topological polar surface area (TPSA) is 71.8 Å². The first-order valence-corrected chi connectivity index (χ1v) is 8.00. The molecule has 2 heterocycles. The van der Waals surface area contributed by atoms with Gasteiger partial charge in [-0.05, 0) is 44.2 Å². The van der Waals surface area contributed by atoms with Gasteiger partial charge in [0, 0.05) is 6.04 Å². The Kier molecular flexibility index (Phi) is 3.97. The Labute approximate surface area is 125 Å². The monoisotopic (exact) mass is 291 g/mol.